The molecule has 1 saturated heterocycles. The molecule has 2 N–H and O–H groups in total. The number of ether oxygens (including phenoxy) is 1. The van der Waals surface area contributed by atoms with Gasteiger partial charge in [-0.2, -0.15) is 0 Å². The average molecular weight is 389 g/mol. The molecule has 1 aromatic carbocycles. The Kier molecular flexibility index (Phi) is 6.60. The van der Waals surface area contributed by atoms with Crippen molar-refractivity contribution in [1.29, 1.82) is 0 Å². The van der Waals surface area contributed by atoms with E-state index in [2.05, 4.69) is 19.2 Å². The van der Waals surface area contributed by atoms with Crippen molar-refractivity contribution < 1.29 is 19.2 Å². The number of amides is 2. The third-order valence-corrected chi connectivity index (χ3v) is 6.16. The van der Waals surface area contributed by atoms with Gasteiger partial charge in [0, 0.05) is 0 Å². The number of likely N-dealkylation sites (tertiary alicyclic amines) is 1. The van der Waals surface area contributed by atoms with Gasteiger partial charge < -0.3 is 15.0 Å². The first kappa shape index (κ1) is 20.6. The minimum absolute atomic E-state index is 0.0373. The van der Waals surface area contributed by atoms with Crippen LogP contribution in [0.3, 0.4) is 0 Å². The van der Waals surface area contributed by atoms with Crippen LogP contribution in [0.1, 0.15) is 52.0 Å². The molecule has 2 aliphatic rings. The molecular formula is C22H34N3O3+. The zero-order chi connectivity index (χ0) is 20.3. The summed E-state index contributed by atoms with van der Waals surface area (Å²) in [5.41, 5.74) is 1.72. The highest BCUT2D eigenvalue weighted by molar-refractivity contribution is 6.03. The summed E-state index contributed by atoms with van der Waals surface area (Å²) < 4.78 is 5.82. The van der Waals surface area contributed by atoms with Crippen molar-refractivity contribution in [3.05, 3.63) is 23.8 Å². The summed E-state index contributed by atoms with van der Waals surface area (Å²) in [6.45, 7) is 10.1. The number of nitrogens with one attached hydrogen (secondary N) is 2. The van der Waals surface area contributed by atoms with Crippen LogP contribution in [-0.4, -0.2) is 49.6 Å². The van der Waals surface area contributed by atoms with Gasteiger partial charge in [-0.1, -0.05) is 13.0 Å². The van der Waals surface area contributed by atoms with E-state index in [9.17, 15) is 9.59 Å². The van der Waals surface area contributed by atoms with E-state index in [1.54, 1.807) is 9.80 Å². The van der Waals surface area contributed by atoms with Gasteiger partial charge in [0.05, 0.1) is 30.9 Å². The first-order chi connectivity index (χ1) is 13.4. The third kappa shape index (κ3) is 4.49. The molecule has 3 unspecified atom stereocenters. The van der Waals surface area contributed by atoms with Gasteiger partial charge in [-0.25, -0.2) is 0 Å². The molecule has 0 saturated carbocycles. The number of carbonyl (C=O) groups is 2. The van der Waals surface area contributed by atoms with Crippen LogP contribution in [0, 0.1) is 6.92 Å². The lowest BCUT2D eigenvalue weighted by molar-refractivity contribution is -0.950. The molecule has 0 aliphatic carbocycles. The Morgan fingerprint density at radius 3 is 2.68 bits per heavy atom. The summed E-state index contributed by atoms with van der Waals surface area (Å²) in [4.78, 5) is 28.5. The van der Waals surface area contributed by atoms with E-state index in [0.717, 1.165) is 12.1 Å². The number of hydrogen-bond donors (Lipinski definition) is 2. The van der Waals surface area contributed by atoms with Crippen molar-refractivity contribution in [2.24, 2.45) is 0 Å². The van der Waals surface area contributed by atoms with Gasteiger partial charge >= 0.3 is 0 Å². The van der Waals surface area contributed by atoms with Gasteiger partial charge in [0.15, 0.2) is 6.10 Å². The molecule has 1 fully saturated rings. The lowest BCUT2D eigenvalue weighted by Crippen LogP contribution is -3.19. The predicted molar refractivity (Wildman–Crippen MR) is 110 cm³/mol. The van der Waals surface area contributed by atoms with E-state index >= 15 is 0 Å². The van der Waals surface area contributed by atoms with E-state index < -0.39 is 6.10 Å². The highest BCUT2D eigenvalue weighted by Gasteiger charge is 2.34. The molecule has 1 aromatic rings. The second kappa shape index (κ2) is 8.95. The maximum absolute atomic E-state index is 12.8. The Morgan fingerprint density at radius 2 is 2.00 bits per heavy atom. The molecule has 2 aliphatic heterocycles. The quantitative estimate of drug-likeness (QED) is 0.776. The number of quaternary nitrogens is 1. The van der Waals surface area contributed by atoms with Crippen LogP contribution in [0.2, 0.25) is 0 Å². The van der Waals surface area contributed by atoms with Gasteiger partial charge in [-0.05, 0) is 64.2 Å². The second-order valence-corrected chi connectivity index (χ2v) is 8.32. The fourth-order valence-corrected chi connectivity index (χ4v) is 4.48. The topological polar surface area (TPSA) is 63.1 Å². The Labute approximate surface area is 168 Å². The van der Waals surface area contributed by atoms with Crippen LogP contribution in [0.15, 0.2) is 18.2 Å². The SMILES string of the molecule is CCC1Oc2ccc(C)cc2N(CC(=O)NCC[NH+]2C(C)CCCC2C)C1=O. The molecule has 6 heteroatoms. The zero-order valence-electron chi connectivity index (χ0n) is 17.6. The number of piperidine rings is 1. The Hall–Kier alpha value is -2.08. The van der Waals surface area contributed by atoms with Gasteiger partial charge in [0.25, 0.3) is 5.91 Å². The number of benzene rings is 1. The second-order valence-electron chi connectivity index (χ2n) is 8.32. The molecule has 3 rings (SSSR count). The number of anilines is 1. The summed E-state index contributed by atoms with van der Waals surface area (Å²) >= 11 is 0. The first-order valence-electron chi connectivity index (χ1n) is 10.6. The molecular weight excluding hydrogens is 354 g/mol. The smallest absolute Gasteiger partial charge is 0.268 e. The maximum Gasteiger partial charge on any atom is 0.268 e. The van der Waals surface area contributed by atoms with E-state index in [1.807, 2.05) is 32.0 Å². The van der Waals surface area contributed by atoms with Crippen LogP contribution in [0.25, 0.3) is 0 Å². The van der Waals surface area contributed by atoms with Crippen molar-refractivity contribution in [1.82, 2.24) is 5.32 Å². The minimum atomic E-state index is -0.525. The number of rotatable bonds is 6. The van der Waals surface area contributed by atoms with Crippen LogP contribution in [0.4, 0.5) is 5.69 Å². The Bertz CT molecular complexity index is 711. The fourth-order valence-electron chi connectivity index (χ4n) is 4.48. The van der Waals surface area contributed by atoms with Crippen LogP contribution >= 0.6 is 0 Å². The average Bonchev–Trinajstić information content (AvgIpc) is 2.66. The monoisotopic (exact) mass is 388 g/mol. The van der Waals surface area contributed by atoms with E-state index in [0.29, 0.717) is 36.5 Å². The van der Waals surface area contributed by atoms with Crippen molar-refractivity contribution in [2.45, 2.75) is 71.6 Å². The van der Waals surface area contributed by atoms with Crippen molar-refractivity contribution in [3.8, 4) is 5.75 Å². The van der Waals surface area contributed by atoms with Gasteiger partial charge in [0.2, 0.25) is 5.91 Å². The number of fused-ring (bicyclic) bond motifs is 1. The van der Waals surface area contributed by atoms with E-state index in [-0.39, 0.29) is 18.4 Å². The first-order valence-corrected chi connectivity index (χ1v) is 10.6. The maximum atomic E-state index is 12.8. The van der Waals surface area contributed by atoms with Crippen molar-refractivity contribution in [3.63, 3.8) is 0 Å². The predicted octanol–water partition coefficient (Wildman–Crippen LogP) is 1.46. The largest absolute Gasteiger partial charge is 0.478 e. The van der Waals surface area contributed by atoms with Gasteiger partial charge in [0.1, 0.15) is 12.3 Å². The van der Waals surface area contributed by atoms with Crippen LogP contribution in [0.5, 0.6) is 5.75 Å². The van der Waals surface area contributed by atoms with Crippen molar-refractivity contribution in [2.75, 3.05) is 24.5 Å². The highest BCUT2D eigenvalue weighted by Crippen LogP contribution is 2.35. The summed E-state index contributed by atoms with van der Waals surface area (Å²) in [5.74, 6) is 0.416. The van der Waals surface area contributed by atoms with Crippen LogP contribution in [-0.2, 0) is 9.59 Å². The summed E-state index contributed by atoms with van der Waals surface area (Å²) in [6.07, 6.45) is 3.87. The summed E-state index contributed by atoms with van der Waals surface area (Å²) in [7, 11) is 0. The lowest BCUT2D eigenvalue weighted by atomic mass is 9.98. The minimum Gasteiger partial charge on any atom is -0.478 e. The highest BCUT2D eigenvalue weighted by atomic mass is 16.5. The summed E-state index contributed by atoms with van der Waals surface area (Å²) in [6, 6.07) is 7.03. The lowest BCUT2D eigenvalue weighted by Gasteiger charge is -2.36. The van der Waals surface area contributed by atoms with Crippen LogP contribution < -0.4 is 19.9 Å². The van der Waals surface area contributed by atoms with Gasteiger partial charge in [-0.3, -0.25) is 14.5 Å². The molecule has 0 radical (unpaired) electrons. The van der Waals surface area contributed by atoms with E-state index in [4.69, 9.17) is 4.74 Å². The standard InChI is InChI=1S/C22H33N3O3/c1-5-19-22(27)25(18-13-15(2)9-10-20(18)28-19)14-21(26)23-11-12-24-16(3)7-6-8-17(24)4/h9-10,13,16-17,19H,5-8,11-12,14H2,1-4H3,(H,23,26)/p+1. The van der Waals surface area contributed by atoms with E-state index in [1.165, 1.54) is 19.3 Å². The number of nitrogens with zero attached hydrogens (tertiary/aromatic N) is 1. The molecule has 0 aromatic heterocycles. The Balaban J connectivity index is 1.61. The molecule has 6 nitrogen and oxygen atoms in total. The molecule has 154 valence electrons. The number of hydrogen-bond acceptors (Lipinski definition) is 3. The Morgan fingerprint density at radius 1 is 1.29 bits per heavy atom. The normalized spacial score (nSPS) is 27.1. The summed E-state index contributed by atoms with van der Waals surface area (Å²) in [5, 5.41) is 3.02. The molecule has 3 atom stereocenters. The fraction of sp³-hybridized carbons (Fsp3) is 0.636. The third-order valence-electron chi connectivity index (χ3n) is 6.16. The molecule has 2 heterocycles. The van der Waals surface area contributed by atoms with Crippen molar-refractivity contribution >= 4 is 17.5 Å². The molecule has 28 heavy (non-hydrogen) atoms. The molecule has 0 bridgehead atoms. The zero-order valence-corrected chi connectivity index (χ0v) is 17.6. The number of aryl methyl sites for hydroxylation is 1. The van der Waals surface area contributed by atoms with Gasteiger partial charge in [-0.15, -0.1) is 0 Å². The molecule has 0 spiro atoms. The molecule has 2 amide bonds. The number of carbonyl (C=O) groups excluding carboxylic acids is 2.